The summed E-state index contributed by atoms with van der Waals surface area (Å²) in [6.45, 7) is 12.0. The van der Waals surface area contributed by atoms with Gasteiger partial charge < -0.3 is 4.74 Å². The molecular formula is C13H22O2. The quantitative estimate of drug-likeness (QED) is 0.453. The topological polar surface area (TPSA) is 26.3 Å². The van der Waals surface area contributed by atoms with E-state index in [0.717, 1.165) is 24.8 Å². The predicted octanol–water partition coefficient (Wildman–Crippen LogP) is 3.49. The van der Waals surface area contributed by atoms with Crippen LogP contribution in [0.25, 0.3) is 0 Å². The third-order valence-corrected chi connectivity index (χ3v) is 2.30. The summed E-state index contributed by atoms with van der Waals surface area (Å²) in [5.41, 5.74) is 1.05. The van der Waals surface area contributed by atoms with Crippen LogP contribution in [0.4, 0.5) is 0 Å². The number of ether oxygens (including phenoxy) is 1. The minimum Gasteiger partial charge on any atom is -0.466 e. The Morgan fingerprint density at radius 1 is 1.53 bits per heavy atom. The van der Waals surface area contributed by atoms with Crippen LogP contribution in [0.3, 0.4) is 0 Å². The second-order valence-electron chi connectivity index (χ2n) is 3.83. The third kappa shape index (κ3) is 6.95. The molecule has 2 heteroatoms. The van der Waals surface area contributed by atoms with Gasteiger partial charge in [0.2, 0.25) is 0 Å². The van der Waals surface area contributed by atoms with Crippen LogP contribution < -0.4 is 0 Å². The van der Waals surface area contributed by atoms with Gasteiger partial charge in [-0.2, -0.15) is 0 Å². The van der Waals surface area contributed by atoms with Crippen molar-refractivity contribution in [2.45, 2.75) is 39.5 Å². The molecule has 0 aromatic heterocycles. The molecule has 0 saturated heterocycles. The fourth-order valence-corrected chi connectivity index (χ4v) is 1.32. The molecule has 0 bridgehead atoms. The third-order valence-electron chi connectivity index (χ3n) is 2.30. The summed E-state index contributed by atoms with van der Waals surface area (Å²) < 4.78 is 5.05. The number of carbonyl (C=O) groups is 1. The van der Waals surface area contributed by atoms with E-state index in [-0.39, 0.29) is 11.9 Å². The molecule has 0 aliphatic heterocycles. The van der Waals surface area contributed by atoms with E-state index < -0.39 is 0 Å². The van der Waals surface area contributed by atoms with Gasteiger partial charge in [0.15, 0.2) is 0 Å². The molecule has 0 rings (SSSR count). The molecule has 1 atom stereocenters. The monoisotopic (exact) mass is 210 g/mol. The molecule has 0 amide bonds. The van der Waals surface area contributed by atoms with Crippen molar-refractivity contribution in [2.24, 2.45) is 5.92 Å². The van der Waals surface area contributed by atoms with Gasteiger partial charge in [0.05, 0.1) is 13.0 Å². The minimum absolute atomic E-state index is 0.117. The lowest BCUT2D eigenvalue weighted by molar-refractivity contribution is -0.144. The molecule has 1 unspecified atom stereocenters. The second-order valence-corrected chi connectivity index (χ2v) is 3.83. The van der Waals surface area contributed by atoms with Crippen LogP contribution >= 0.6 is 0 Å². The van der Waals surface area contributed by atoms with E-state index in [4.69, 9.17) is 4.74 Å². The van der Waals surface area contributed by atoms with Crippen molar-refractivity contribution in [1.29, 1.82) is 0 Å². The zero-order valence-electron chi connectivity index (χ0n) is 9.92. The van der Waals surface area contributed by atoms with E-state index in [1.807, 2.05) is 19.9 Å². The Kier molecular flexibility index (Phi) is 7.69. The van der Waals surface area contributed by atoms with Gasteiger partial charge in [-0.1, -0.05) is 25.2 Å². The Morgan fingerprint density at radius 3 is 2.67 bits per heavy atom. The molecule has 0 aromatic carbocycles. The first kappa shape index (κ1) is 13.9. The molecule has 0 spiro atoms. The number of hydrogen-bond acceptors (Lipinski definition) is 2. The maximum absolute atomic E-state index is 11.4. The highest BCUT2D eigenvalue weighted by molar-refractivity contribution is 5.70. The van der Waals surface area contributed by atoms with Crippen LogP contribution in [-0.4, -0.2) is 12.6 Å². The van der Waals surface area contributed by atoms with Crippen molar-refractivity contribution in [3.05, 3.63) is 24.8 Å². The summed E-state index contributed by atoms with van der Waals surface area (Å²) in [5.74, 6) is 0.112. The first-order valence-corrected chi connectivity index (χ1v) is 5.53. The van der Waals surface area contributed by atoms with Crippen molar-refractivity contribution in [3.63, 3.8) is 0 Å². The van der Waals surface area contributed by atoms with Crippen LogP contribution in [0.1, 0.15) is 39.5 Å². The van der Waals surface area contributed by atoms with Crippen molar-refractivity contribution >= 4 is 5.97 Å². The van der Waals surface area contributed by atoms with E-state index in [0.29, 0.717) is 13.0 Å². The molecule has 0 saturated carbocycles. The lowest BCUT2D eigenvalue weighted by atomic mass is 9.93. The smallest absolute Gasteiger partial charge is 0.306 e. The van der Waals surface area contributed by atoms with Gasteiger partial charge in [0, 0.05) is 0 Å². The largest absolute Gasteiger partial charge is 0.466 e. The zero-order chi connectivity index (χ0) is 11.7. The highest BCUT2D eigenvalue weighted by atomic mass is 16.5. The van der Waals surface area contributed by atoms with Crippen molar-refractivity contribution in [1.82, 2.24) is 0 Å². The van der Waals surface area contributed by atoms with Gasteiger partial charge in [-0.05, 0) is 32.1 Å². The molecule has 0 radical (unpaired) electrons. The summed E-state index contributed by atoms with van der Waals surface area (Å²) >= 11 is 0. The maximum Gasteiger partial charge on any atom is 0.306 e. The Labute approximate surface area is 93.0 Å². The summed E-state index contributed by atoms with van der Waals surface area (Å²) in [4.78, 5) is 11.4. The predicted molar refractivity (Wildman–Crippen MR) is 63.6 cm³/mol. The van der Waals surface area contributed by atoms with E-state index in [2.05, 4.69) is 13.2 Å². The fraction of sp³-hybridized carbons (Fsp3) is 0.615. The molecule has 0 N–H and O–H groups in total. The molecular weight excluding hydrogens is 188 g/mol. The Balaban J connectivity index is 3.98. The first-order chi connectivity index (χ1) is 7.11. The highest BCUT2D eigenvalue weighted by Crippen LogP contribution is 2.20. The van der Waals surface area contributed by atoms with E-state index in [1.165, 1.54) is 0 Å². The highest BCUT2D eigenvalue weighted by Gasteiger charge is 2.14. The van der Waals surface area contributed by atoms with E-state index >= 15 is 0 Å². The zero-order valence-corrected chi connectivity index (χ0v) is 9.92. The van der Waals surface area contributed by atoms with Crippen LogP contribution in [0, 0.1) is 5.92 Å². The lowest BCUT2D eigenvalue weighted by Gasteiger charge is -2.15. The van der Waals surface area contributed by atoms with Crippen molar-refractivity contribution in [2.75, 3.05) is 6.61 Å². The standard InChI is InChI=1S/C13H22O2/c1-5-7-8-12(11(3)4)10-13(14)15-9-6-2/h5,12H,1,3,6-10H2,2,4H3. The van der Waals surface area contributed by atoms with Crippen molar-refractivity contribution < 1.29 is 9.53 Å². The summed E-state index contributed by atoms with van der Waals surface area (Å²) in [6.07, 6.45) is 5.03. The maximum atomic E-state index is 11.4. The number of rotatable bonds is 8. The number of hydrogen-bond donors (Lipinski definition) is 0. The first-order valence-electron chi connectivity index (χ1n) is 5.53. The van der Waals surface area contributed by atoms with Crippen LogP contribution in [0.5, 0.6) is 0 Å². The molecule has 0 fully saturated rings. The summed E-state index contributed by atoms with van der Waals surface area (Å²) in [6, 6.07) is 0. The van der Waals surface area contributed by atoms with Gasteiger partial charge in [-0.25, -0.2) is 0 Å². The van der Waals surface area contributed by atoms with Crippen molar-refractivity contribution in [3.8, 4) is 0 Å². The Bertz CT molecular complexity index is 219. The van der Waals surface area contributed by atoms with Crippen LogP contribution in [-0.2, 0) is 9.53 Å². The molecule has 0 aliphatic carbocycles. The molecule has 0 aliphatic rings. The second kappa shape index (κ2) is 8.27. The molecule has 0 heterocycles. The number of carbonyl (C=O) groups excluding carboxylic acids is 1. The van der Waals surface area contributed by atoms with Gasteiger partial charge in [0.25, 0.3) is 0 Å². The molecule has 0 aromatic rings. The van der Waals surface area contributed by atoms with E-state index in [1.54, 1.807) is 0 Å². The number of allylic oxidation sites excluding steroid dienone is 2. The van der Waals surface area contributed by atoms with Crippen LogP contribution in [0.15, 0.2) is 24.8 Å². The molecule has 86 valence electrons. The SMILES string of the molecule is C=CCCC(CC(=O)OCCC)C(=C)C. The summed E-state index contributed by atoms with van der Waals surface area (Å²) in [7, 11) is 0. The fourth-order valence-electron chi connectivity index (χ4n) is 1.32. The molecule has 2 nitrogen and oxygen atoms in total. The van der Waals surface area contributed by atoms with Gasteiger partial charge >= 0.3 is 5.97 Å². The average molecular weight is 210 g/mol. The van der Waals surface area contributed by atoms with Gasteiger partial charge in [-0.15, -0.1) is 6.58 Å². The Morgan fingerprint density at radius 2 is 2.20 bits per heavy atom. The average Bonchev–Trinajstić information content (AvgIpc) is 2.20. The van der Waals surface area contributed by atoms with Gasteiger partial charge in [-0.3, -0.25) is 4.79 Å². The van der Waals surface area contributed by atoms with E-state index in [9.17, 15) is 4.79 Å². The molecule has 15 heavy (non-hydrogen) atoms. The van der Waals surface area contributed by atoms with Crippen LogP contribution in [0.2, 0.25) is 0 Å². The van der Waals surface area contributed by atoms with Gasteiger partial charge in [0.1, 0.15) is 0 Å². The summed E-state index contributed by atoms with van der Waals surface area (Å²) in [5, 5.41) is 0. The Hall–Kier alpha value is -1.05. The minimum atomic E-state index is -0.117. The lowest BCUT2D eigenvalue weighted by Crippen LogP contribution is -2.12. The number of esters is 1. The normalized spacial score (nSPS) is 11.9.